The Labute approximate surface area is 391 Å². The average Bonchev–Trinajstić information content (AvgIpc) is 4.11. The molecule has 15 nitrogen and oxygen atoms in total. The number of nitrogens with two attached hydrogens (primary N) is 1. The molecule has 68 heavy (non-hydrogen) atoms. The maximum absolute atomic E-state index is 16.1. The fourth-order valence-electron chi connectivity index (χ4n) is 10.7. The van der Waals surface area contributed by atoms with Crippen LogP contribution in [0.2, 0.25) is 0 Å². The van der Waals surface area contributed by atoms with Crippen molar-refractivity contribution in [1.29, 1.82) is 4.78 Å². The second-order valence-electron chi connectivity index (χ2n) is 19.8. The minimum absolute atomic E-state index is 0.0392. The molecule has 2 aliphatic carbocycles. The van der Waals surface area contributed by atoms with Crippen LogP contribution in [-0.4, -0.2) is 74.7 Å². The fraction of sp³-hybridized carbons (Fsp3) is 0.420. The number of rotatable bonds is 9. The maximum atomic E-state index is 16.1. The zero-order chi connectivity index (χ0) is 48.4. The van der Waals surface area contributed by atoms with Crippen molar-refractivity contribution >= 4 is 38.1 Å². The van der Waals surface area contributed by atoms with Gasteiger partial charge in [0.25, 0.3) is 5.91 Å². The van der Waals surface area contributed by atoms with Gasteiger partial charge in [0.15, 0.2) is 5.82 Å². The third kappa shape index (κ3) is 7.46. The van der Waals surface area contributed by atoms with Crippen molar-refractivity contribution in [2.24, 2.45) is 16.6 Å². The van der Waals surface area contributed by atoms with Crippen LogP contribution in [-0.2, 0) is 20.0 Å². The van der Waals surface area contributed by atoms with Crippen LogP contribution in [0.25, 0.3) is 16.6 Å². The van der Waals surface area contributed by atoms with Gasteiger partial charge in [-0.3, -0.25) is 23.4 Å². The Morgan fingerprint density at radius 3 is 2.35 bits per heavy atom. The van der Waals surface area contributed by atoms with E-state index in [1.165, 1.54) is 23.0 Å². The average molecular weight is 948 g/mol. The molecule has 5 heterocycles. The number of carbonyl (C=O) groups is 1. The normalized spacial score (nSPS) is 23.9. The van der Waals surface area contributed by atoms with Crippen molar-refractivity contribution < 1.29 is 27.0 Å². The van der Waals surface area contributed by atoms with E-state index in [1.807, 2.05) is 23.6 Å². The predicted octanol–water partition coefficient (Wildman–Crippen LogP) is 8.22. The molecule has 6 aromatic rings. The number of aromatic nitrogens is 5. The molecule has 4 aliphatic rings. The summed E-state index contributed by atoms with van der Waals surface area (Å²) in [5.41, 5.74) is 9.27. The molecular weight excluding hydrogens is 893 g/mol. The zero-order valence-electron chi connectivity index (χ0n) is 39.1. The number of hydrogen-bond donors (Lipinski definition) is 3. The van der Waals surface area contributed by atoms with Crippen LogP contribution in [0.15, 0.2) is 96.2 Å². The number of hydrogen-bond acceptors (Lipinski definition) is 10. The summed E-state index contributed by atoms with van der Waals surface area (Å²) < 4.78 is 68.5. The summed E-state index contributed by atoms with van der Waals surface area (Å²) in [5.74, 6) is -1.71. The summed E-state index contributed by atoms with van der Waals surface area (Å²) in [6.07, 6.45) is 6.55. The van der Waals surface area contributed by atoms with E-state index >= 15 is 13.6 Å². The van der Waals surface area contributed by atoms with Gasteiger partial charge in [-0.05, 0) is 150 Å². The molecule has 0 spiro atoms. The number of amides is 1. The first kappa shape index (κ1) is 45.4. The molecule has 1 saturated heterocycles. The minimum atomic E-state index is -3.24. The fourth-order valence-corrected chi connectivity index (χ4v) is 12.7. The topological polar surface area (TPSA) is 200 Å². The van der Waals surface area contributed by atoms with E-state index in [9.17, 15) is 13.8 Å². The van der Waals surface area contributed by atoms with Crippen molar-refractivity contribution in [2.45, 2.75) is 120 Å². The molecule has 3 aromatic carbocycles. The molecular formula is C50H55F2N9O6S. The lowest BCUT2D eigenvalue weighted by Gasteiger charge is -2.37. The zero-order valence-corrected chi connectivity index (χ0v) is 39.9. The van der Waals surface area contributed by atoms with Gasteiger partial charge in [0.2, 0.25) is 0 Å². The van der Waals surface area contributed by atoms with Crippen LogP contribution < -0.4 is 17.2 Å². The molecule has 2 saturated carbocycles. The highest BCUT2D eigenvalue weighted by molar-refractivity contribution is 7.93. The van der Waals surface area contributed by atoms with Crippen molar-refractivity contribution in [3.63, 3.8) is 0 Å². The van der Waals surface area contributed by atoms with E-state index in [2.05, 4.69) is 36.1 Å². The summed E-state index contributed by atoms with van der Waals surface area (Å²) in [6, 6.07) is 13.0. The highest BCUT2D eigenvalue weighted by Gasteiger charge is 2.59. The first-order valence-corrected chi connectivity index (χ1v) is 24.7. The number of nitrogens with zero attached hydrogens (tertiary/aromatic N) is 6. The monoisotopic (exact) mass is 947 g/mol. The summed E-state index contributed by atoms with van der Waals surface area (Å²) >= 11 is 0. The van der Waals surface area contributed by atoms with Crippen LogP contribution in [0.3, 0.4) is 0 Å². The summed E-state index contributed by atoms with van der Waals surface area (Å²) in [4.78, 5) is 52.2. The Balaban J connectivity index is 1.09. The molecule has 4 N–H and O–H groups in total. The van der Waals surface area contributed by atoms with Crippen molar-refractivity contribution in [1.82, 2.24) is 28.7 Å². The van der Waals surface area contributed by atoms with Gasteiger partial charge in [0, 0.05) is 59.4 Å². The molecule has 10 rings (SSSR count). The van der Waals surface area contributed by atoms with Crippen molar-refractivity contribution in [3.05, 3.63) is 139 Å². The molecule has 0 bridgehead atoms. The van der Waals surface area contributed by atoms with Crippen molar-refractivity contribution in [2.75, 3.05) is 13.2 Å². The highest BCUT2D eigenvalue weighted by Crippen LogP contribution is 2.56. The number of halogens is 2. The number of imidazole rings is 1. The third-order valence-electron chi connectivity index (χ3n) is 14.6. The van der Waals surface area contributed by atoms with Crippen LogP contribution >= 0.6 is 0 Å². The van der Waals surface area contributed by atoms with Gasteiger partial charge >= 0.3 is 11.4 Å². The Bertz CT molecular complexity index is 3370. The summed E-state index contributed by atoms with van der Waals surface area (Å²) in [6.45, 7) is 13.7. The van der Waals surface area contributed by atoms with Gasteiger partial charge in [-0.1, -0.05) is 18.1 Å². The van der Waals surface area contributed by atoms with E-state index in [-0.39, 0.29) is 58.0 Å². The molecule has 3 aromatic heterocycles. The van der Waals surface area contributed by atoms with Gasteiger partial charge in [0.1, 0.15) is 28.7 Å². The van der Waals surface area contributed by atoms with Gasteiger partial charge in [-0.15, -0.1) is 0 Å². The van der Waals surface area contributed by atoms with E-state index in [4.69, 9.17) is 24.8 Å². The standard InChI is InChI=1S/C50H55F2N9O6S/c1-26-20-39(36(51)23-41(26)68(54,65)35-9-10-35)59-15-16-60(48(59)64)44(55-34-18-27(2)43(52)28(3)19-34)42-30(5)58(14-12-37(42)53)45(62)40-22-33-21-31(32-13-17-66-49(6,7)25-32)8-11-38(33)61(40)50(24-29(50)4)46-56-47(63)67-57-46/h8,11,15-16,18-23,29-30,32,35,54H,9-10,12-14,17,24-25,53H2,1-7H3,(H,56,57,63)/t29-,30-,32-,50-,68?/m0/s1. The summed E-state index contributed by atoms with van der Waals surface area (Å²) in [5, 5.41) is 4.66. The largest absolute Gasteiger partial charge is 0.438 e. The van der Waals surface area contributed by atoms with Crippen molar-refractivity contribution in [3.8, 4) is 5.69 Å². The molecule has 356 valence electrons. The molecule has 5 atom stereocenters. The second-order valence-corrected chi connectivity index (χ2v) is 22.1. The van der Waals surface area contributed by atoms with E-state index in [0.717, 1.165) is 39.9 Å². The first-order valence-electron chi connectivity index (χ1n) is 23.1. The Kier molecular flexibility index (Phi) is 10.8. The lowest BCUT2D eigenvalue weighted by atomic mass is 9.83. The Hall–Kier alpha value is -6.40. The lowest BCUT2D eigenvalue weighted by molar-refractivity contribution is -0.0592. The molecule has 3 fully saturated rings. The molecule has 0 radical (unpaired) electrons. The minimum Gasteiger partial charge on any atom is -0.402 e. The van der Waals surface area contributed by atoms with Crippen LogP contribution in [0, 0.1) is 43.1 Å². The van der Waals surface area contributed by atoms with Crippen LogP contribution in [0.4, 0.5) is 14.5 Å². The quantitative estimate of drug-likeness (QED) is 0.0951. The number of aryl methyl sites for hydroxylation is 3. The Morgan fingerprint density at radius 1 is 0.985 bits per heavy atom. The number of nitrogens with one attached hydrogen (secondary N) is 2. The van der Waals surface area contributed by atoms with Gasteiger partial charge < -0.3 is 19.9 Å². The van der Waals surface area contributed by atoms with Gasteiger partial charge in [-0.25, -0.2) is 32.4 Å². The maximum Gasteiger partial charge on any atom is 0.438 e. The van der Waals surface area contributed by atoms with Gasteiger partial charge in [-0.2, -0.15) is 0 Å². The number of carbonyl (C=O) groups excluding carboxylic acids is 1. The molecule has 18 heteroatoms. The number of aliphatic imine (C=N–C) groups is 1. The Morgan fingerprint density at radius 2 is 1.71 bits per heavy atom. The van der Waals surface area contributed by atoms with E-state index < -0.39 is 44.4 Å². The van der Waals surface area contributed by atoms with Crippen LogP contribution in [0.1, 0.15) is 111 Å². The number of benzene rings is 3. The SMILES string of the molecule is Cc1cc(-n2ccn(C(=Nc3cc(C)c(F)c(C)c3)C3=C(N)CCN(C(=O)c4cc5cc([C@H]6CCOC(C)(C)C6)ccc5n4[C@@]4(c5noc(=O)[nH]5)C[C@@H]4C)[C@H]3C)c2=O)c(F)cc1S(=N)(=O)C1CC1. The number of ether oxygens (including phenoxy) is 1. The first-order chi connectivity index (χ1) is 32.2. The molecule has 2 aliphatic heterocycles. The predicted molar refractivity (Wildman–Crippen MR) is 253 cm³/mol. The van der Waals surface area contributed by atoms with E-state index in [0.29, 0.717) is 71.0 Å². The van der Waals surface area contributed by atoms with E-state index in [1.54, 1.807) is 44.7 Å². The number of fused-ring (bicyclic) bond motifs is 1. The van der Waals surface area contributed by atoms with Gasteiger partial charge in [0.05, 0.1) is 37.6 Å². The molecule has 1 unspecified atom stereocenters. The third-order valence-corrected chi connectivity index (χ3v) is 17.1. The summed E-state index contributed by atoms with van der Waals surface area (Å²) in [7, 11) is -3.24. The molecule has 1 amide bonds. The highest BCUT2D eigenvalue weighted by atomic mass is 32.2. The van der Waals surface area contributed by atoms with Crippen LogP contribution in [0.5, 0.6) is 0 Å². The second kappa shape index (κ2) is 16.1. The number of H-pyrrole nitrogens is 1. The smallest absolute Gasteiger partial charge is 0.402 e. The number of aromatic amines is 1. The lowest BCUT2D eigenvalue weighted by Crippen LogP contribution is -2.49.